The van der Waals surface area contributed by atoms with Gasteiger partial charge in [0, 0.05) is 42.2 Å². The number of nitrogens with one attached hydrogen (secondary N) is 2. The Labute approximate surface area is 168 Å². The number of guanidine groups is 1. The summed E-state index contributed by atoms with van der Waals surface area (Å²) in [6, 6.07) is 3.34. The number of aromatic nitrogens is 3. The van der Waals surface area contributed by atoms with Crippen molar-refractivity contribution in [3.8, 4) is 11.4 Å². The van der Waals surface area contributed by atoms with E-state index in [0.29, 0.717) is 33.7 Å². The second-order valence-electron chi connectivity index (χ2n) is 6.34. The molecule has 146 valence electrons. The molecule has 0 aliphatic carbocycles. The maximum absolute atomic E-state index is 14.7. The summed E-state index contributed by atoms with van der Waals surface area (Å²) >= 11 is 2.33. The van der Waals surface area contributed by atoms with Gasteiger partial charge >= 0.3 is 5.92 Å². The van der Waals surface area contributed by atoms with Crippen molar-refractivity contribution in [3.63, 3.8) is 0 Å². The van der Waals surface area contributed by atoms with Gasteiger partial charge in [0.05, 0.1) is 0 Å². The molecule has 0 unspecified atom stereocenters. The third-order valence-corrected chi connectivity index (χ3v) is 5.95. The summed E-state index contributed by atoms with van der Waals surface area (Å²) in [7, 11) is 0. The molecule has 4 rings (SSSR count). The van der Waals surface area contributed by atoms with Crippen LogP contribution in [0.3, 0.4) is 0 Å². The second kappa shape index (κ2) is 7.88. The van der Waals surface area contributed by atoms with Crippen LogP contribution >= 0.6 is 22.7 Å². The lowest BCUT2D eigenvalue weighted by Gasteiger charge is -2.14. The minimum absolute atomic E-state index is 0.216. The third kappa shape index (κ3) is 4.17. The van der Waals surface area contributed by atoms with E-state index < -0.39 is 12.3 Å². The van der Waals surface area contributed by atoms with Crippen LogP contribution in [0.1, 0.15) is 22.7 Å². The molecule has 0 bridgehead atoms. The quantitative estimate of drug-likeness (QED) is 0.651. The van der Waals surface area contributed by atoms with Crippen LogP contribution in [0.2, 0.25) is 0 Å². The molecule has 4 heterocycles. The number of thiazole rings is 2. The fourth-order valence-electron chi connectivity index (χ4n) is 2.74. The topological polar surface area (TPSA) is 75.1 Å². The fourth-order valence-corrected chi connectivity index (χ4v) is 4.24. The summed E-state index contributed by atoms with van der Waals surface area (Å²) in [5.74, 6) is -2.38. The Kier molecular flexibility index (Phi) is 5.31. The molecule has 10 heteroatoms. The van der Waals surface area contributed by atoms with Crippen LogP contribution in [0.4, 0.5) is 13.9 Å². The van der Waals surface area contributed by atoms with Crippen molar-refractivity contribution < 1.29 is 8.78 Å². The van der Waals surface area contributed by atoms with Gasteiger partial charge in [-0.25, -0.2) is 9.97 Å². The van der Waals surface area contributed by atoms with Gasteiger partial charge in [-0.15, -0.1) is 22.7 Å². The zero-order valence-corrected chi connectivity index (χ0v) is 16.7. The number of rotatable bonds is 5. The molecule has 0 radical (unpaired) electrons. The molecule has 0 aromatic carbocycles. The van der Waals surface area contributed by atoms with Crippen LogP contribution in [0, 0.1) is 6.92 Å². The Balaban J connectivity index is 1.49. The van der Waals surface area contributed by atoms with Gasteiger partial charge in [0.1, 0.15) is 11.4 Å². The van der Waals surface area contributed by atoms with Crippen LogP contribution in [-0.4, -0.2) is 34.0 Å². The van der Waals surface area contributed by atoms with Crippen molar-refractivity contribution >= 4 is 33.8 Å². The largest absolute Gasteiger partial charge is 0.356 e. The zero-order chi connectivity index (χ0) is 19.6. The SMILES string of the molecule is Cc1ncccc1CC(F)(F)c1nc(-c2csc(NC3=NCCCN3)n2)cs1. The van der Waals surface area contributed by atoms with E-state index in [-0.39, 0.29) is 5.01 Å². The molecule has 3 aromatic heterocycles. The molecule has 0 spiro atoms. The summed E-state index contributed by atoms with van der Waals surface area (Å²) in [4.78, 5) is 17.0. The molecular weight excluding hydrogens is 402 g/mol. The van der Waals surface area contributed by atoms with E-state index in [1.807, 2.05) is 0 Å². The van der Waals surface area contributed by atoms with Crippen LogP contribution in [0.25, 0.3) is 11.4 Å². The lowest BCUT2D eigenvalue weighted by molar-refractivity contribution is -0.00419. The molecule has 2 N–H and O–H groups in total. The average molecular weight is 421 g/mol. The summed E-state index contributed by atoms with van der Waals surface area (Å²) in [5.41, 5.74) is 2.14. The van der Waals surface area contributed by atoms with Gasteiger partial charge in [0.15, 0.2) is 16.1 Å². The van der Waals surface area contributed by atoms with Gasteiger partial charge in [-0.2, -0.15) is 8.78 Å². The standard InChI is InChI=1S/C18H18F2N6S2/c1-11-12(4-2-5-21-11)8-18(19,20)15-24-13(9-27-15)14-10-28-17(25-14)26-16-22-6-3-7-23-16/h2,4-5,9-10H,3,6-8H2,1H3,(H2,22,23,25,26). The maximum atomic E-state index is 14.7. The first-order valence-electron chi connectivity index (χ1n) is 8.77. The van der Waals surface area contributed by atoms with E-state index >= 15 is 0 Å². The molecule has 1 aliphatic heterocycles. The third-order valence-electron chi connectivity index (χ3n) is 4.24. The first-order chi connectivity index (χ1) is 13.5. The van der Waals surface area contributed by atoms with Crippen molar-refractivity contribution in [1.29, 1.82) is 0 Å². The molecule has 0 amide bonds. The highest BCUT2D eigenvalue weighted by molar-refractivity contribution is 7.14. The van der Waals surface area contributed by atoms with Crippen LogP contribution in [-0.2, 0) is 12.3 Å². The Morgan fingerprint density at radius 1 is 1.21 bits per heavy atom. The molecule has 0 saturated heterocycles. The van der Waals surface area contributed by atoms with Crippen molar-refractivity contribution in [2.24, 2.45) is 4.99 Å². The molecule has 3 aromatic rings. The fraction of sp³-hybridized carbons (Fsp3) is 0.333. The average Bonchev–Trinajstić information content (AvgIpc) is 3.34. The number of aryl methyl sites for hydroxylation is 1. The Bertz CT molecular complexity index is 997. The predicted octanol–water partition coefficient (Wildman–Crippen LogP) is 4.07. The van der Waals surface area contributed by atoms with E-state index in [0.717, 1.165) is 30.8 Å². The van der Waals surface area contributed by atoms with Gasteiger partial charge in [-0.05, 0) is 25.0 Å². The number of hydrogen-bond acceptors (Lipinski definition) is 8. The monoisotopic (exact) mass is 420 g/mol. The number of aliphatic imine (C=N–C) groups is 1. The molecule has 0 fully saturated rings. The first-order valence-corrected chi connectivity index (χ1v) is 10.5. The smallest absolute Gasteiger partial charge is 0.302 e. The first kappa shape index (κ1) is 18.9. The summed E-state index contributed by atoms with van der Waals surface area (Å²) in [6.45, 7) is 3.37. The molecule has 1 aliphatic rings. The van der Waals surface area contributed by atoms with Crippen molar-refractivity contribution in [1.82, 2.24) is 20.3 Å². The number of halogens is 2. The zero-order valence-electron chi connectivity index (χ0n) is 15.1. The summed E-state index contributed by atoms with van der Waals surface area (Å²) < 4.78 is 29.5. The van der Waals surface area contributed by atoms with Crippen LogP contribution in [0.15, 0.2) is 34.1 Å². The van der Waals surface area contributed by atoms with E-state index in [4.69, 9.17) is 0 Å². The second-order valence-corrected chi connectivity index (χ2v) is 8.06. The van der Waals surface area contributed by atoms with E-state index in [9.17, 15) is 8.78 Å². The maximum Gasteiger partial charge on any atom is 0.302 e. The number of anilines is 1. The number of alkyl halides is 2. The van der Waals surface area contributed by atoms with Gasteiger partial charge in [-0.1, -0.05) is 6.07 Å². The number of pyridine rings is 1. The van der Waals surface area contributed by atoms with E-state index in [1.165, 1.54) is 11.3 Å². The van der Waals surface area contributed by atoms with Crippen molar-refractivity contribution in [2.45, 2.75) is 25.7 Å². The van der Waals surface area contributed by atoms with Crippen LogP contribution < -0.4 is 10.6 Å². The summed E-state index contributed by atoms with van der Waals surface area (Å²) in [5, 5.41) is 10.1. The normalized spacial score (nSPS) is 14.5. The highest BCUT2D eigenvalue weighted by Crippen LogP contribution is 2.37. The molecule has 0 saturated carbocycles. The molecule has 0 atom stereocenters. The van der Waals surface area contributed by atoms with Gasteiger partial charge in [0.25, 0.3) is 0 Å². The predicted molar refractivity (Wildman–Crippen MR) is 108 cm³/mol. The molecule has 28 heavy (non-hydrogen) atoms. The highest BCUT2D eigenvalue weighted by atomic mass is 32.1. The van der Waals surface area contributed by atoms with E-state index in [2.05, 4.69) is 30.6 Å². The Morgan fingerprint density at radius 3 is 2.82 bits per heavy atom. The minimum Gasteiger partial charge on any atom is -0.356 e. The lowest BCUT2D eigenvalue weighted by atomic mass is 10.1. The summed E-state index contributed by atoms with van der Waals surface area (Å²) in [6.07, 6.45) is 2.18. The van der Waals surface area contributed by atoms with E-state index in [1.54, 1.807) is 36.0 Å². The Morgan fingerprint density at radius 2 is 2.04 bits per heavy atom. The molecular formula is C18H18F2N6S2. The van der Waals surface area contributed by atoms with Crippen molar-refractivity contribution in [2.75, 3.05) is 18.4 Å². The lowest BCUT2D eigenvalue weighted by Crippen LogP contribution is -2.35. The minimum atomic E-state index is -3.06. The highest BCUT2D eigenvalue weighted by Gasteiger charge is 2.36. The van der Waals surface area contributed by atoms with Gasteiger partial charge in [0.2, 0.25) is 0 Å². The Hall–Kier alpha value is -2.46. The number of hydrogen-bond donors (Lipinski definition) is 2. The van der Waals surface area contributed by atoms with Crippen LogP contribution in [0.5, 0.6) is 0 Å². The van der Waals surface area contributed by atoms with Gasteiger partial charge < -0.3 is 10.6 Å². The number of nitrogens with zero attached hydrogens (tertiary/aromatic N) is 4. The van der Waals surface area contributed by atoms with Crippen molar-refractivity contribution in [3.05, 3.63) is 45.4 Å². The molecule has 6 nitrogen and oxygen atoms in total. The van der Waals surface area contributed by atoms with Gasteiger partial charge in [-0.3, -0.25) is 9.98 Å².